The first-order valence-electron chi connectivity index (χ1n) is 6.07. The number of rotatable bonds is 2. The van der Waals surface area contributed by atoms with Crippen molar-refractivity contribution in [3.8, 4) is 0 Å². The van der Waals surface area contributed by atoms with E-state index in [-0.39, 0.29) is 6.10 Å². The van der Waals surface area contributed by atoms with Gasteiger partial charge >= 0.3 is 0 Å². The molecule has 0 radical (unpaired) electrons. The first kappa shape index (κ1) is 10.8. The third kappa shape index (κ3) is 2.27. The molecule has 0 amide bonds. The molecule has 1 aliphatic carbocycles. The highest BCUT2D eigenvalue weighted by molar-refractivity contribution is 7.99. The molecule has 82 valence electrons. The zero-order valence-corrected chi connectivity index (χ0v) is 9.93. The predicted molar refractivity (Wildman–Crippen MR) is 62.6 cm³/mol. The van der Waals surface area contributed by atoms with E-state index in [2.05, 4.69) is 6.92 Å². The van der Waals surface area contributed by atoms with Crippen LogP contribution in [0.5, 0.6) is 0 Å². The topological polar surface area (TPSA) is 20.2 Å². The molecular weight excluding hydrogens is 192 g/mol. The second-order valence-corrected chi connectivity index (χ2v) is 6.03. The molecule has 2 rings (SSSR count). The molecule has 14 heavy (non-hydrogen) atoms. The van der Waals surface area contributed by atoms with Crippen LogP contribution in [-0.2, 0) is 0 Å². The second-order valence-electron chi connectivity index (χ2n) is 4.96. The summed E-state index contributed by atoms with van der Waals surface area (Å²) in [4.78, 5) is 0. The van der Waals surface area contributed by atoms with Gasteiger partial charge in [0.2, 0.25) is 0 Å². The minimum Gasteiger partial charge on any atom is -0.392 e. The highest BCUT2D eigenvalue weighted by Gasteiger charge is 2.34. The summed E-state index contributed by atoms with van der Waals surface area (Å²) in [6, 6.07) is 0. The van der Waals surface area contributed by atoms with Crippen molar-refractivity contribution in [3.63, 3.8) is 0 Å². The second kappa shape index (κ2) is 4.89. The summed E-state index contributed by atoms with van der Waals surface area (Å²) in [5.41, 5.74) is 0. The van der Waals surface area contributed by atoms with Crippen molar-refractivity contribution in [2.45, 2.75) is 45.1 Å². The Kier molecular flexibility index (Phi) is 3.78. The Morgan fingerprint density at radius 3 is 2.36 bits per heavy atom. The van der Waals surface area contributed by atoms with E-state index in [1.54, 1.807) is 0 Å². The minimum absolute atomic E-state index is 0.00294. The maximum atomic E-state index is 9.84. The van der Waals surface area contributed by atoms with Crippen LogP contribution in [0.4, 0.5) is 0 Å². The quantitative estimate of drug-likeness (QED) is 0.762. The Bertz CT molecular complexity index is 175. The van der Waals surface area contributed by atoms with Crippen molar-refractivity contribution in [1.82, 2.24) is 0 Å². The lowest BCUT2D eigenvalue weighted by Gasteiger charge is -2.32. The molecule has 2 atom stereocenters. The molecule has 0 aromatic rings. The van der Waals surface area contributed by atoms with Gasteiger partial charge in [0.25, 0.3) is 0 Å². The van der Waals surface area contributed by atoms with Gasteiger partial charge in [-0.15, -0.1) is 0 Å². The largest absolute Gasteiger partial charge is 0.392 e. The van der Waals surface area contributed by atoms with Gasteiger partial charge < -0.3 is 5.11 Å². The SMILES string of the molecule is CCC1CCC(C2CSCC2O)CC1. The zero-order chi connectivity index (χ0) is 9.97. The van der Waals surface area contributed by atoms with Crippen LogP contribution in [-0.4, -0.2) is 22.7 Å². The number of thioether (sulfide) groups is 1. The van der Waals surface area contributed by atoms with Crippen molar-refractivity contribution in [1.29, 1.82) is 0 Å². The molecule has 1 saturated carbocycles. The summed E-state index contributed by atoms with van der Waals surface area (Å²) in [6.45, 7) is 2.31. The van der Waals surface area contributed by atoms with E-state index in [9.17, 15) is 5.11 Å². The lowest BCUT2D eigenvalue weighted by molar-refractivity contribution is 0.0882. The fraction of sp³-hybridized carbons (Fsp3) is 1.00. The van der Waals surface area contributed by atoms with Gasteiger partial charge in [0.1, 0.15) is 0 Å². The highest BCUT2D eigenvalue weighted by atomic mass is 32.2. The Morgan fingerprint density at radius 2 is 1.86 bits per heavy atom. The normalized spacial score (nSPS) is 44.1. The Hall–Kier alpha value is 0.310. The first-order chi connectivity index (χ1) is 6.81. The smallest absolute Gasteiger partial charge is 0.0669 e. The maximum Gasteiger partial charge on any atom is 0.0669 e. The van der Waals surface area contributed by atoms with E-state index in [4.69, 9.17) is 0 Å². The molecule has 0 spiro atoms. The Balaban J connectivity index is 1.82. The fourth-order valence-corrected chi connectivity index (χ4v) is 4.43. The number of aliphatic hydroxyl groups excluding tert-OH is 1. The summed E-state index contributed by atoms with van der Waals surface area (Å²) in [5.74, 6) is 4.64. The van der Waals surface area contributed by atoms with Crippen molar-refractivity contribution >= 4 is 11.8 Å². The third-order valence-corrected chi connectivity index (χ3v) is 5.37. The van der Waals surface area contributed by atoms with Gasteiger partial charge in [-0.25, -0.2) is 0 Å². The first-order valence-corrected chi connectivity index (χ1v) is 7.22. The van der Waals surface area contributed by atoms with Gasteiger partial charge in [0.05, 0.1) is 6.10 Å². The molecule has 2 heteroatoms. The van der Waals surface area contributed by atoms with Gasteiger partial charge in [-0.1, -0.05) is 26.2 Å². The third-order valence-electron chi connectivity index (χ3n) is 4.17. The molecule has 2 aliphatic rings. The molecule has 1 N–H and O–H groups in total. The van der Waals surface area contributed by atoms with Gasteiger partial charge in [-0.3, -0.25) is 0 Å². The monoisotopic (exact) mass is 214 g/mol. The van der Waals surface area contributed by atoms with Crippen LogP contribution in [0.2, 0.25) is 0 Å². The van der Waals surface area contributed by atoms with E-state index in [1.165, 1.54) is 37.9 Å². The van der Waals surface area contributed by atoms with Gasteiger partial charge in [-0.05, 0) is 36.3 Å². The lowest BCUT2D eigenvalue weighted by Crippen LogP contribution is -2.29. The lowest BCUT2D eigenvalue weighted by atomic mass is 9.74. The van der Waals surface area contributed by atoms with E-state index >= 15 is 0 Å². The van der Waals surface area contributed by atoms with Crippen LogP contribution < -0.4 is 0 Å². The Morgan fingerprint density at radius 1 is 1.14 bits per heavy atom. The number of hydrogen-bond acceptors (Lipinski definition) is 2. The molecule has 1 aliphatic heterocycles. The summed E-state index contributed by atoms with van der Waals surface area (Å²) < 4.78 is 0. The average molecular weight is 214 g/mol. The average Bonchev–Trinajstić information content (AvgIpc) is 2.65. The summed E-state index contributed by atoms with van der Waals surface area (Å²) >= 11 is 1.94. The van der Waals surface area contributed by atoms with E-state index in [0.29, 0.717) is 5.92 Å². The van der Waals surface area contributed by atoms with Gasteiger partial charge in [-0.2, -0.15) is 11.8 Å². The molecule has 2 fully saturated rings. The van der Waals surface area contributed by atoms with Crippen LogP contribution in [0.1, 0.15) is 39.0 Å². The standard InChI is InChI=1S/C12H22OS/c1-2-9-3-5-10(6-4-9)11-7-14-8-12(11)13/h9-13H,2-8H2,1H3. The van der Waals surface area contributed by atoms with Gasteiger partial charge in [0, 0.05) is 5.75 Å². The van der Waals surface area contributed by atoms with Crippen LogP contribution in [0, 0.1) is 17.8 Å². The van der Waals surface area contributed by atoms with Crippen molar-refractivity contribution in [2.75, 3.05) is 11.5 Å². The van der Waals surface area contributed by atoms with Crippen LogP contribution in [0.25, 0.3) is 0 Å². The molecule has 0 bridgehead atoms. The van der Waals surface area contributed by atoms with Crippen LogP contribution in [0.15, 0.2) is 0 Å². The molecule has 0 aromatic carbocycles. The molecule has 1 saturated heterocycles. The summed E-state index contributed by atoms with van der Waals surface area (Å²) in [5, 5.41) is 9.84. The van der Waals surface area contributed by atoms with Crippen LogP contribution in [0.3, 0.4) is 0 Å². The zero-order valence-electron chi connectivity index (χ0n) is 9.11. The highest BCUT2D eigenvalue weighted by Crippen LogP contribution is 2.40. The summed E-state index contributed by atoms with van der Waals surface area (Å²) in [7, 11) is 0. The molecular formula is C12H22OS. The van der Waals surface area contributed by atoms with E-state index in [1.807, 2.05) is 11.8 Å². The Labute approximate surface area is 91.7 Å². The van der Waals surface area contributed by atoms with E-state index < -0.39 is 0 Å². The molecule has 1 nitrogen and oxygen atoms in total. The number of hydrogen-bond donors (Lipinski definition) is 1. The molecule has 0 aromatic heterocycles. The minimum atomic E-state index is 0.00294. The maximum absolute atomic E-state index is 9.84. The van der Waals surface area contributed by atoms with Crippen LogP contribution >= 0.6 is 11.8 Å². The summed E-state index contributed by atoms with van der Waals surface area (Å²) in [6.07, 6.45) is 6.93. The molecule has 1 heterocycles. The van der Waals surface area contributed by atoms with Crippen molar-refractivity contribution in [2.24, 2.45) is 17.8 Å². The molecule has 2 unspecified atom stereocenters. The predicted octanol–water partition coefficient (Wildman–Crippen LogP) is 2.93. The van der Waals surface area contributed by atoms with Crippen molar-refractivity contribution in [3.05, 3.63) is 0 Å². The fourth-order valence-electron chi connectivity index (χ4n) is 3.03. The number of aliphatic hydroxyl groups is 1. The van der Waals surface area contributed by atoms with Crippen molar-refractivity contribution < 1.29 is 5.11 Å². The van der Waals surface area contributed by atoms with E-state index in [0.717, 1.165) is 17.6 Å². The van der Waals surface area contributed by atoms with Gasteiger partial charge in [0.15, 0.2) is 0 Å².